The van der Waals surface area contributed by atoms with Crippen LogP contribution in [0.1, 0.15) is 11.1 Å². The molecule has 5 heteroatoms. The zero-order valence-electron chi connectivity index (χ0n) is 9.23. The summed E-state index contributed by atoms with van der Waals surface area (Å²) >= 11 is 5.49. The fourth-order valence-corrected chi connectivity index (χ4v) is 2.35. The summed E-state index contributed by atoms with van der Waals surface area (Å²) in [5.74, 6) is 0.574. The average molecular weight is 415 g/mol. The van der Waals surface area contributed by atoms with E-state index in [4.69, 9.17) is 10.00 Å². The minimum absolute atomic E-state index is 0.438. The molecule has 0 spiro atoms. The van der Waals surface area contributed by atoms with Crippen molar-refractivity contribution in [1.82, 2.24) is 4.98 Å². The molecule has 0 bridgehead atoms. The van der Waals surface area contributed by atoms with Crippen molar-refractivity contribution in [3.8, 4) is 11.9 Å². The molecule has 1 heterocycles. The Balaban J connectivity index is 2.09. The van der Waals surface area contributed by atoms with E-state index in [1.165, 1.54) is 0 Å². The van der Waals surface area contributed by atoms with Crippen molar-refractivity contribution in [1.29, 1.82) is 5.26 Å². The van der Waals surface area contributed by atoms with Gasteiger partial charge in [0.05, 0.1) is 11.6 Å². The number of benzene rings is 1. The molecule has 0 amide bonds. The molecule has 0 fully saturated rings. The molecule has 0 aliphatic rings. The zero-order valence-corrected chi connectivity index (χ0v) is 13.0. The molecule has 0 unspecified atom stereocenters. The fraction of sp³-hybridized carbons (Fsp3) is 0.0769. The van der Waals surface area contributed by atoms with Gasteiger partial charge in [0.1, 0.15) is 11.2 Å². The Morgan fingerprint density at radius 3 is 2.83 bits per heavy atom. The Bertz CT molecular complexity index is 610. The van der Waals surface area contributed by atoms with Crippen molar-refractivity contribution in [2.75, 3.05) is 0 Å². The Morgan fingerprint density at radius 2 is 2.17 bits per heavy atom. The highest BCUT2D eigenvalue weighted by molar-refractivity contribution is 14.1. The summed E-state index contributed by atoms with van der Waals surface area (Å²) in [7, 11) is 0. The molecule has 0 saturated heterocycles. The summed E-state index contributed by atoms with van der Waals surface area (Å²) in [6.07, 6.45) is 0. The largest absolute Gasteiger partial charge is 0.473 e. The number of rotatable bonds is 3. The number of hydrogen-bond donors (Lipinski definition) is 0. The van der Waals surface area contributed by atoms with Gasteiger partial charge in [-0.05, 0) is 56.7 Å². The van der Waals surface area contributed by atoms with Crippen molar-refractivity contribution in [3.63, 3.8) is 0 Å². The molecular formula is C13H8BrIN2O. The SMILES string of the molecule is N#Cc1ccc(COc2cccc(Br)n2)c(I)c1. The molecular weight excluding hydrogens is 407 g/mol. The molecule has 0 N–H and O–H groups in total. The van der Waals surface area contributed by atoms with E-state index < -0.39 is 0 Å². The highest BCUT2D eigenvalue weighted by Crippen LogP contribution is 2.18. The maximum absolute atomic E-state index is 8.79. The lowest BCUT2D eigenvalue weighted by molar-refractivity contribution is 0.292. The summed E-state index contributed by atoms with van der Waals surface area (Å²) in [4.78, 5) is 4.19. The van der Waals surface area contributed by atoms with Gasteiger partial charge < -0.3 is 4.74 Å². The normalized spacial score (nSPS) is 9.83. The summed E-state index contributed by atoms with van der Waals surface area (Å²) in [5.41, 5.74) is 1.69. The first-order valence-corrected chi connectivity index (χ1v) is 7.00. The number of ether oxygens (including phenoxy) is 1. The van der Waals surface area contributed by atoms with Crippen LogP contribution in [0.2, 0.25) is 0 Å². The van der Waals surface area contributed by atoms with Crippen molar-refractivity contribution < 1.29 is 4.74 Å². The molecule has 90 valence electrons. The van der Waals surface area contributed by atoms with Crippen molar-refractivity contribution in [2.24, 2.45) is 0 Å². The number of halogens is 2. The summed E-state index contributed by atoms with van der Waals surface area (Å²) in [5, 5.41) is 8.79. The Kier molecular flexibility index (Phi) is 4.55. The van der Waals surface area contributed by atoms with E-state index in [0.717, 1.165) is 13.7 Å². The van der Waals surface area contributed by atoms with Crippen molar-refractivity contribution >= 4 is 38.5 Å². The molecule has 0 radical (unpaired) electrons. The number of nitrogens with zero attached hydrogens (tertiary/aromatic N) is 2. The maximum Gasteiger partial charge on any atom is 0.214 e. The van der Waals surface area contributed by atoms with E-state index in [1.807, 2.05) is 24.3 Å². The van der Waals surface area contributed by atoms with Crippen LogP contribution in [0.5, 0.6) is 5.88 Å². The summed E-state index contributed by atoms with van der Waals surface area (Å²) in [6, 6.07) is 13.2. The smallest absolute Gasteiger partial charge is 0.214 e. The third kappa shape index (κ3) is 3.43. The quantitative estimate of drug-likeness (QED) is 0.565. The minimum atomic E-state index is 0.438. The van der Waals surface area contributed by atoms with Gasteiger partial charge in [0, 0.05) is 15.2 Å². The monoisotopic (exact) mass is 414 g/mol. The summed E-state index contributed by atoms with van der Waals surface area (Å²) < 4.78 is 7.36. The third-order valence-electron chi connectivity index (χ3n) is 2.25. The highest BCUT2D eigenvalue weighted by atomic mass is 127. The lowest BCUT2D eigenvalue weighted by Gasteiger charge is -2.07. The first kappa shape index (κ1) is 13.3. The first-order valence-electron chi connectivity index (χ1n) is 5.13. The second kappa shape index (κ2) is 6.16. The van der Waals surface area contributed by atoms with Gasteiger partial charge in [-0.2, -0.15) is 5.26 Å². The average Bonchev–Trinajstić information content (AvgIpc) is 2.37. The molecule has 1 aromatic heterocycles. The number of pyridine rings is 1. The predicted molar refractivity (Wildman–Crippen MR) is 80.1 cm³/mol. The lowest BCUT2D eigenvalue weighted by atomic mass is 10.2. The minimum Gasteiger partial charge on any atom is -0.473 e. The maximum atomic E-state index is 8.79. The first-order chi connectivity index (χ1) is 8.69. The van der Waals surface area contributed by atoms with Gasteiger partial charge in [-0.25, -0.2) is 4.98 Å². The van der Waals surface area contributed by atoms with Crippen molar-refractivity contribution in [2.45, 2.75) is 6.61 Å². The van der Waals surface area contributed by atoms with E-state index in [0.29, 0.717) is 18.1 Å². The van der Waals surface area contributed by atoms with Crippen LogP contribution in [0.3, 0.4) is 0 Å². The molecule has 3 nitrogen and oxygen atoms in total. The van der Waals surface area contributed by atoms with Gasteiger partial charge in [-0.1, -0.05) is 12.1 Å². The molecule has 18 heavy (non-hydrogen) atoms. The lowest BCUT2D eigenvalue weighted by Crippen LogP contribution is -1.99. The second-order valence-electron chi connectivity index (χ2n) is 3.51. The van der Waals surface area contributed by atoms with E-state index in [1.54, 1.807) is 12.1 Å². The van der Waals surface area contributed by atoms with Gasteiger partial charge in [-0.15, -0.1) is 0 Å². The fourth-order valence-electron chi connectivity index (χ4n) is 1.36. The Morgan fingerprint density at radius 1 is 1.33 bits per heavy atom. The van der Waals surface area contributed by atoms with Crippen LogP contribution in [0.25, 0.3) is 0 Å². The van der Waals surface area contributed by atoms with E-state index >= 15 is 0 Å². The highest BCUT2D eigenvalue weighted by Gasteiger charge is 2.03. The van der Waals surface area contributed by atoms with E-state index in [-0.39, 0.29) is 0 Å². The summed E-state index contributed by atoms with van der Waals surface area (Å²) in [6.45, 7) is 0.438. The third-order valence-corrected chi connectivity index (χ3v) is 3.69. The van der Waals surface area contributed by atoms with Crippen LogP contribution in [0, 0.1) is 14.9 Å². The van der Waals surface area contributed by atoms with E-state index in [2.05, 4.69) is 49.6 Å². The van der Waals surface area contributed by atoms with Crippen LogP contribution in [-0.4, -0.2) is 4.98 Å². The molecule has 0 saturated carbocycles. The van der Waals surface area contributed by atoms with Gasteiger partial charge in [-0.3, -0.25) is 0 Å². The van der Waals surface area contributed by atoms with Gasteiger partial charge in [0.2, 0.25) is 5.88 Å². The standard InChI is InChI=1S/C13H8BrIN2O/c14-12-2-1-3-13(17-12)18-8-10-5-4-9(7-16)6-11(10)15/h1-6H,8H2. The van der Waals surface area contributed by atoms with Gasteiger partial charge >= 0.3 is 0 Å². The van der Waals surface area contributed by atoms with Crippen molar-refractivity contribution in [3.05, 3.63) is 55.7 Å². The van der Waals surface area contributed by atoms with Crippen LogP contribution in [-0.2, 0) is 6.61 Å². The molecule has 0 atom stereocenters. The van der Waals surface area contributed by atoms with Gasteiger partial charge in [0.25, 0.3) is 0 Å². The molecule has 1 aromatic carbocycles. The van der Waals surface area contributed by atoms with E-state index in [9.17, 15) is 0 Å². The number of aromatic nitrogens is 1. The number of nitriles is 1. The van der Waals surface area contributed by atoms with Crippen LogP contribution in [0.4, 0.5) is 0 Å². The van der Waals surface area contributed by atoms with Gasteiger partial charge in [0.15, 0.2) is 0 Å². The second-order valence-corrected chi connectivity index (χ2v) is 5.48. The number of hydrogen-bond acceptors (Lipinski definition) is 3. The Labute approximate surface area is 127 Å². The molecule has 2 aromatic rings. The van der Waals surface area contributed by atoms with Crippen LogP contribution >= 0.6 is 38.5 Å². The predicted octanol–water partition coefficient (Wildman–Crippen LogP) is 3.90. The topological polar surface area (TPSA) is 45.9 Å². The van der Waals surface area contributed by atoms with Crippen LogP contribution in [0.15, 0.2) is 41.0 Å². The molecule has 0 aliphatic carbocycles. The Hall–Kier alpha value is -1.13. The molecule has 0 aliphatic heterocycles. The zero-order chi connectivity index (χ0) is 13.0. The van der Waals surface area contributed by atoms with Crippen LogP contribution < -0.4 is 4.74 Å². The molecule has 2 rings (SSSR count).